The smallest absolute Gasteiger partial charge is 0.417 e. The van der Waals surface area contributed by atoms with Crippen molar-refractivity contribution in [3.8, 4) is 17.5 Å². The van der Waals surface area contributed by atoms with Gasteiger partial charge in [0.15, 0.2) is 11.6 Å². The first kappa shape index (κ1) is 20.7. The summed E-state index contributed by atoms with van der Waals surface area (Å²) in [5, 5.41) is -0.175. The van der Waals surface area contributed by atoms with Gasteiger partial charge in [0.1, 0.15) is 0 Å². The summed E-state index contributed by atoms with van der Waals surface area (Å²) in [6.45, 7) is -0.00956. The average molecular weight is 432 g/mol. The molecule has 0 saturated heterocycles. The molecule has 0 spiro atoms. The molecule has 5 nitrogen and oxygen atoms in total. The minimum absolute atomic E-state index is 0.00956. The fourth-order valence-corrected chi connectivity index (χ4v) is 2.33. The Bertz CT molecular complexity index is 1000. The van der Waals surface area contributed by atoms with Crippen molar-refractivity contribution in [2.24, 2.45) is 0 Å². The van der Waals surface area contributed by atoms with E-state index in [1.807, 2.05) is 0 Å². The first-order valence-corrected chi connectivity index (χ1v) is 8.40. The Balaban J connectivity index is 1.60. The Labute approximate surface area is 166 Å². The van der Waals surface area contributed by atoms with Gasteiger partial charge in [-0.25, -0.2) is 14.4 Å². The molecule has 11 heteroatoms. The predicted molar refractivity (Wildman–Crippen MR) is 91.9 cm³/mol. The van der Waals surface area contributed by atoms with Crippen LogP contribution >= 0.6 is 11.6 Å². The second-order valence-corrected chi connectivity index (χ2v) is 5.98. The number of benzene rings is 1. The van der Waals surface area contributed by atoms with Crippen LogP contribution < -0.4 is 9.47 Å². The molecular weight excluding hydrogens is 421 g/mol. The van der Waals surface area contributed by atoms with Gasteiger partial charge in [-0.3, -0.25) is 0 Å². The first-order valence-electron chi connectivity index (χ1n) is 8.03. The van der Waals surface area contributed by atoms with E-state index in [1.165, 1.54) is 12.1 Å². The van der Waals surface area contributed by atoms with Gasteiger partial charge in [0.2, 0.25) is 17.0 Å². The Hall–Kier alpha value is -3.01. The number of nitrogens with zero attached hydrogens (tertiary/aromatic N) is 3. The maximum absolute atomic E-state index is 14.2. The minimum Gasteiger partial charge on any atom is -0.475 e. The van der Waals surface area contributed by atoms with E-state index >= 15 is 0 Å². The lowest BCUT2D eigenvalue weighted by Crippen LogP contribution is -2.06. The third-order valence-electron chi connectivity index (χ3n) is 3.59. The summed E-state index contributed by atoms with van der Waals surface area (Å²) in [5.74, 6) is -2.26. The van der Waals surface area contributed by atoms with E-state index in [1.54, 1.807) is 0 Å². The van der Waals surface area contributed by atoms with Crippen molar-refractivity contribution in [3.63, 3.8) is 0 Å². The number of hydrogen-bond acceptors (Lipinski definition) is 5. The molecule has 0 aliphatic heterocycles. The Morgan fingerprint density at radius 3 is 2.41 bits per heavy atom. The number of aromatic nitrogens is 3. The van der Waals surface area contributed by atoms with Crippen LogP contribution in [-0.2, 0) is 12.6 Å². The summed E-state index contributed by atoms with van der Waals surface area (Å²) in [7, 11) is 0. The number of rotatable bonds is 6. The average Bonchev–Trinajstić information content (AvgIpc) is 2.66. The zero-order valence-electron chi connectivity index (χ0n) is 14.4. The Morgan fingerprint density at radius 2 is 1.76 bits per heavy atom. The summed E-state index contributed by atoms with van der Waals surface area (Å²) in [5.41, 5.74) is -0.433. The van der Waals surface area contributed by atoms with Crippen LogP contribution in [0.15, 0.2) is 42.7 Å². The number of alkyl halides is 3. The third kappa shape index (κ3) is 5.50. The monoisotopic (exact) mass is 431 g/mol. The highest BCUT2D eigenvalue weighted by molar-refractivity contribution is 6.28. The second-order valence-electron chi connectivity index (χ2n) is 5.64. The molecule has 0 atom stereocenters. The molecule has 0 saturated carbocycles. The topological polar surface area (TPSA) is 57.1 Å². The number of ether oxygens (including phenoxy) is 2. The fourth-order valence-electron chi connectivity index (χ4n) is 2.20. The van der Waals surface area contributed by atoms with Gasteiger partial charge < -0.3 is 9.47 Å². The molecule has 0 radical (unpaired) electrons. The number of halogens is 6. The Kier molecular flexibility index (Phi) is 6.12. The molecular formula is C18H11ClF5N3O2. The molecule has 152 valence electrons. The normalized spacial score (nSPS) is 11.4. The van der Waals surface area contributed by atoms with Gasteiger partial charge in [-0.2, -0.15) is 22.5 Å². The van der Waals surface area contributed by atoms with Gasteiger partial charge in [-0.15, -0.1) is 0 Å². The molecule has 0 aliphatic carbocycles. The minimum atomic E-state index is -4.53. The maximum Gasteiger partial charge on any atom is 0.417 e. The van der Waals surface area contributed by atoms with Crippen molar-refractivity contribution in [2.75, 3.05) is 6.61 Å². The van der Waals surface area contributed by atoms with Gasteiger partial charge in [0, 0.05) is 18.7 Å². The lowest BCUT2D eigenvalue weighted by atomic mass is 10.1. The fraction of sp³-hybridized carbons (Fsp3) is 0.167. The largest absolute Gasteiger partial charge is 0.475 e. The van der Waals surface area contributed by atoms with Crippen molar-refractivity contribution >= 4 is 11.6 Å². The van der Waals surface area contributed by atoms with Crippen LogP contribution in [0, 0.1) is 11.6 Å². The van der Waals surface area contributed by atoms with Crippen molar-refractivity contribution in [1.82, 2.24) is 15.0 Å². The van der Waals surface area contributed by atoms with Gasteiger partial charge in [0.05, 0.1) is 18.4 Å². The van der Waals surface area contributed by atoms with Crippen LogP contribution in [0.4, 0.5) is 22.0 Å². The van der Waals surface area contributed by atoms with Crippen LogP contribution in [-0.4, -0.2) is 21.6 Å². The van der Waals surface area contributed by atoms with Crippen LogP contribution in [0.3, 0.4) is 0 Å². The highest BCUT2D eigenvalue weighted by atomic mass is 35.5. The van der Waals surface area contributed by atoms with Gasteiger partial charge >= 0.3 is 6.18 Å². The zero-order chi connectivity index (χ0) is 21.0. The SMILES string of the molecule is Fc1cc(CCOc2nc(Cl)ncc2F)ccc1Oc1ccc(C(F)(F)F)cn1. The molecule has 0 aliphatic rings. The summed E-state index contributed by atoms with van der Waals surface area (Å²) in [4.78, 5) is 10.6. The van der Waals surface area contributed by atoms with E-state index < -0.39 is 23.4 Å². The van der Waals surface area contributed by atoms with E-state index in [0.717, 1.165) is 24.4 Å². The molecule has 2 heterocycles. The van der Waals surface area contributed by atoms with E-state index in [0.29, 0.717) is 11.8 Å². The maximum atomic E-state index is 14.2. The third-order valence-corrected chi connectivity index (χ3v) is 3.77. The van der Waals surface area contributed by atoms with Gasteiger partial charge in [-0.1, -0.05) is 6.07 Å². The molecule has 0 bridgehead atoms. The molecule has 0 fully saturated rings. The van der Waals surface area contributed by atoms with Crippen molar-refractivity contribution in [1.29, 1.82) is 0 Å². The van der Waals surface area contributed by atoms with Crippen LogP contribution in [0.5, 0.6) is 17.5 Å². The standard InChI is InChI=1S/C18H11ClF5N3O2/c19-17-26-9-13(21)16(27-17)28-6-5-10-1-3-14(12(20)7-10)29-15-4-2-11(8-25-15)18(22,23)24/h1-4,7-9H,5-6H2. The molecule has 29 heavy (non-hydrogen) atoms. The molecule has 3 rings (SSSR count). The molecule has 1 aromatic carbocycles. The predicted octanol–water partition coefficient (Wildman–Crippen LogP) is 5.24. The number of hydrogen-bond donors (Lipinski definition) is 0. The first-order chi connectivity index (χ1) is 13.7. The van der Waals surface area contributed by atoms with E-state index in [4.69, 9.17) is 21.1 Å². The molecule has 3 aromatic rings. The molecule has 0 unspecified atom stereocenters. The van der Waals surface area contributed by atoms with Crippen LogP contribution in [0.25, 0.3) is 0 Å². The summed E-state index contributed by atoms with van der Waals surface area (Å²) in [6, 6.07) is 5.75. The van der Waals surface area contributed by atoms with Crippen molar-refractivity contribution in [3.05, 3.63) is 70.8 Å². The van der Waals surface area contributed by atoms with E-state index in [-0.39, 0.29) is 35.8 Å². The summed E-state index contributed by atoms with van der Waals surface area (Å²) in [6.07, 6.45) is -2.85. The Morgan fingerprint density at radius 1 is 0.966 bits per heavy atom. The van der Waals surface area contributed by atoms with Gasteiger partial charge in [0.25, 0.3) is 5.88 Å². The van der Waals surface area contributed by atoms with E-state index in [2.05, 4.69) is 15.0 Å². The van der Waals surface area contributed by atoms with Crippen LogP contribution in [0.1, 0.15) is 11.1 Å². The summed E-state index contributed by atoms with van der Waals surface area (Å²) >= 11 is 5.56. The highest BCUT2D eigenvalue weighted by Crippen LogP contribution is 2.30. The quantitative estimate of drug-likeness (QED) is 0.395. The van der Waals surface area contributed by atoms with Crippen LogP contribution in [0.2, 0.25) is 5.28 Å². The van der Waals surface area contributed by atoms with Crippen molar-refractivity contribution < 1.29 is 31.4 Å². The second kappa shape index (κ2) is 8.56. The molecule has 0 N–H and O–H groups in total. The van der Waals surface area contributed by atoms with Gasteiger partial charge in [-0.05, 0) is 35.4 Å². The number of pyridine rings is 1. The molecule has 2 aromatic heterocycles. The lowest BCUT2D eigenvalue weighted by Gasteiger charge is -2.10. The summed E-state index contributed by atoms with van der Waals surface area (Å²) < 4.78 is 75.5. The van der Waals surface area contributed by atoms with Crippen molar-refractivity contribution in [2.45, 2.75) is 12.6 Å². The van der Waals surface area contributed by atoms with E-state index in [9.17, 15) is 22.0 Å². The lowest BCUT2D eigenvalue weighted by molar-refractivity contribution is -0.137. The zero-order valence-corrected chi connectivity index (χ0v) is 15.1. The molecule has 0 amide bonds. The highest BCUT2D eigenvalue weighted by Gasteiger charge is 2.30.